The first-order valence-corrected chi connectivity index (χ1v) is 25.9. The second-order valence-electron chi connectivity index (χ2n) is 18.8. The van der Waals surface area contributed by atoms with Crippen molar-refractivity contribution in [3.05, 3.63) is 226 Å². The largest absolute Gasteiger partial charge is 0.508 e. The fraction of sp³-hybridized carbons (Fsp3) is 0.188. The Balaban J connectivity index is 0.863. The Morgan fingerprint density at radius 1 is 0.450 bits per heavy atom. The standard InChI is InChI=1S/C64H62N8O8/c65-41-51(35-45-15-27-55(28-16-45)79-33-31-69-63(77)59(39-43-7-3-1-4-8-43)71-61(75)57(67)37-47-11-23-53(73)24-12-47)49-19-21-50(22-20-49)52(42-66)36-46-17-29-56(30-18-46)80-34-32-70-64(78)60(40-44-9-5-2-6-10-44)72-62(76)58(68)38-48-13-25-54(74)26-14-48/h1-30,35-36,57-60,73-74H,31-34,37-40,67-68H2,(H,69,77)(H,70,78)(H,71,75)(H,72,76)/b51-35+,52-36+/t57-,58-,59-,60-/m0/s1. The highest BCUT2D eigenvalue weighted by molar-refractivity contribution is 5.93. The Hall–Kier alpha value is -10.0. The molecule has 7 aromatic rings. The molecule has 0 aliphatic carbocycles. The first-order chi connectivity index (χ1) is 38.8. The Labute approximate surface area is 465 Å². The number of nitrogens with two attached hydrogens (primary N) is 2. The van der Waals surface area contributed by atoms with E-state index in [0.29, 0.717) is 33.8 Å². The summed E-state index contributed by atoms with van der Waals surface area (Å²) in [7, 11) is 0. The zero-order valence-corrected chi connectivity index (χ0v) is 43.8. The van der Waals surface area contributed by atoms with Gasteiger partial charge in [0.2, 0.25) is 23.6 Å². The highest BCUT2D eigenvalue weighted by Gasteiger charge is 2.26. The van der Waals surface area contributed by atoms with E-state index in [-0.39, 0.29) is 63.5 Å². The Bertz CT molecular complexity index is 3080. The lowest BCUT2D eigenvalue weighted by molar-refractivity contribution is -0.129. The summed E-state index contributed by atoms with van der Waals surface area (Å²) in [5, 5.41) is 50.7. The van der Waals surface area contributed by atoms with Crippen LogP contribution in [0.2, 0.25) is 0 Å². The molecule has 0 unspecified atom stereocenters. The summed E-state index contributed by atoms with van der Waals surface area (Å²) in [6.45, 7) is 0.622. The second kappa shape index (κ2) is 29.5. The number of rotatable bonds is 26. The first-order valence-electron chi connectivity index (χ1n) is 25.9. The molecule has 0 heterocycles. The number of ether oxygens (including phenoxy) is 2. The number of nitrogens with one attached hydrogen (secondary N) is 4. The van der Waals surface area contributed by atoms with Crippen molar-refractivity contribution in [2.24, 2.45) is 11.5 Å². The Morgan fingerprint density at radius 3 is 1.12 bits per heavy atom. The number of aromatic hydroxyl groups is 2. The fourth-order valence-corrected chi connectivity index (χ4v) is 8.41. The molecule has 0 spiro atoms. The smallest absolute Gasteiger partial charge is 0.243 e. The van der Waals surface area contributed by atoms with E-state index >= 15 is 0 Å². The Kier molecular flexibility index (Phi) is 21.3. The van der Waals surface area contributed by atoms with Gasteiger partial charge in [0.05, 0.1) is 48.5 Å². The third-order valence-electron chi connectivity index (χ3n) is 12.8. The molecule has 16 nitrogen and oxygen atoms in total. The van der Waals surface area contributed by atoms with Gasteiger partial charge in [-0.2, -0.15) is 10.5 Å². The minimum atomic E-state index is -0.915. The molecule has 7 aromatic carbocycles. The minimum absolute atomic E-state index is 0.108. The molecule has 0 aliphatic rings. The number of nitriles is 2. The average Bonchev–Trinajstić information content (AvgIpc) is 3.48. The van der Waals surface area contributed by atoms with Crippen LogP contribution in [-0.4, -0.2) is 84.3 Å². The third-order valence-corrected chi connectivity index (χ3v) is 12.8. The van der Waals surface area contributed by atoms with E-state index in [0.717, 1.165) is 33.4 Å². The van der Waals surface area contributed by atoms with Crippen molar-refractivity contribution in [3.8, 4) is 35.1 Å². The highest BCUT2D eigenvalue weighted by atomic mass is 16.5. The van der Waals surface area contributed by atoms with E-state index in [4.69, 9.17) is 20.9 Å². The number of hydrogen-bond donors (Lipinski definition) is 8. The molecule has 0 radical (unpaired) electrons. The normalized spacial score (nSPS) is 12.8. The lowest BCUT2D eigenvalue weighted by Crippen LogP contribution is -2.53. The maximum absolute atomic E-state index is 13.4. The lowest BCUT2D eigenvalue weighted by Gasteiger charge is -2.21. The number of phenols is 2. The molecule has 7 rings (SSSR count). The molecular formula is C64H62N8O8. The van der Waals surface area contributed by atoms with Gasteiger partial charge in [0.25, 0.3) is 0 Å². The molecule has 0 saturated heterocycles. The topological polar surface area (TPSA) is 275 Å². The first kappa shape index (κ1) is 57.7. The van der Waals surface area contributed by atoms with E-state index < -0.39 is 47.8 Å². The van der Waals surface area contributed by atoms with Crippen LogP contribution in [0.5, 0.6) is 23.0 Å². The van der Waals surface area contributed by atoms with Gasteiger partial charge in [0, 0.05) is 12.8 Å². The number of carbonyl (C=O) groups excluding carboxylic acids is 4. The summed E-state index contributed by atoms with van der Waals surface area (Å²) in [5.74, 6) is -0.426. The molecule has 16 heteroatoms. The molecule has 4 amide bonds. The predicted octanol–water partition coefficient (Wildman–Crippen LogP) is 6.81. The number of carbonyl (C=O) groups is 4. The van der Waals surface area contributed by atoms with Gasteiger partial charge < -0.3 is 52.4 Å². The van der Waals surface area contributed by atoms with E-state index in [1.807, 2.05) is 84.9 Å². The minimum Gasteiger partial charge on any atom is -0.508 e. The molecule has 80 heavy (non-hydrogen) atoms. The predicted molar refractivity (Wildman–Crippen MR) is 307 cm³/mol. The number of hydrogen-bond acceptors (Lipinski definition) is 12. The van der Waals surface area contributed by atoms with Crippen molar-refractivity contribution in [3.63, 3.8) is 0 Å². The summed E-state index contributed by atoms with van der Waals surface area (Å²) in [6, 6.07) is 53.9. The summed E-state index contributed by atoms with van der Waals surface area (Å²) >= 11 is 0. The van der Waals surface area contributed by atoms with Gasteiger partial charge in [-0.05, 0) is 118 Å². The molecule has 0 fully saturated rings. The summed E-state index contributed by atoms with van der Waals surface area (Å²) in [5.41, 5.74) is 19.3. The van der Waals surface area contributed by atoms with Crippen LogP contribution in [-0.2, 0) is 44.9 Å². The summed E-state index contributed by atoms with van der Waals surface area (Å²) in [4.78, 5) is 53.0. The molecule has 10 N–H and O–H groups in total. The number of nitrogens with zero attached hydrogens (tertiary/aromatic N) is 2. The number of amides is 4. The Morgan fingerprint density at radius 2 is 0.787 bits per heavy atom. The van der Waals surface area contributed by atoms with Gasteiger partial charge in [-0.15, -0.1) is 0 Å². The van der Waals surface area contributed by atoms with Crippen LogP contribution in [0.4, 0.5) is 0 Å². The van der Waals surface area contributed by atoms with Gasteiger partial charge in [-0.25, -0.2) is 0 Å². The summed E-state index contributed by atoms with van der Waals surface area (Å²) in [6.07, 6.45) is 4.45. The number of benzene rings is 7. The third kappa shape index (κ3) is 18.1. The number of phenolic OH excluding ortho intramolecular Hbond substituents is 2. The van der Waals surface area contributed by atoms with E-state index in [2.05, 4.69) is 33.4 Å². The quantitative estimate of drug-likeness (QED) is 0.0158. The van der Waals surface area contributed by atoms with Crippen LogP contribution in [0, 0.1) is 22.7 Å². The zero-order valence-electron chi connectivity index (χ0n) is 43.8. The molecule has 406 valence electrons. The lowest BCUT2D eigenvalue weighted by atomic mass is 9.99. The molecular weight excluding hydrogens is 1010 g/mol. The van der Waals surface area contributed by atoms with E-state index in [1.165, 1.54) is 24.3 Å². The highest BCUT2D eigenvalue weighted by Crippen LogP contribution is 2.25. The van der Waals surface area contributed by atoms with Gasteiger partial charge >= 0.3 is 0 Å². The fourth-order valence-electron chi connectivity index (χ4n) is 8.41. The molecule has 0 bridgehead atoms. The monoisotopic (exact) mass is 1070 g/mol. The van der Waals surface area contributed by atoms with Crippen molar-refractivity contribution in [2.45, 2.75) is 49.9 Å². The van der Waals surface area contributed by atoms with Crippen LogP contribution in [0.25, 0.3) is 23.3 Å². The number of allylic oxidation sites excluding steroid dienone is 2. The second-order valence-corrected chi connectivity index (χ2v) is 18.8. The zero-order chi connectivity index (χ0) is 56.6. The van der Waals surface area contributed by atoms with Crippen LogP contribution in [0.1, 0.15) is 44.5 Å². The molecule has 4 atom stereocenters. The summed E-state index contributed by atoms with van der Waals surface area (Å²) < 4.78 is 11.8. The van der Waals surface area contributed by atoms with Crippen molar-refractivity contribution in [1.82, 2.24) is 21.3 Å². The van der Waals surface area contributed by atoms with E-state index in [1.54, 1.807) is 84.9 Å². The van der Waals surface area contributed by atoms with Crippen LogP contribution >= 0.6 is 0 Å². The van der Waals surface area contributed by atoms with Gasteiger partial charge in [0.1, 0.15) is 48.3 Å². The van der Waals surface area contributed by atoms with Crippen LogP contribution < -0.4 is 42.2 Å². The van der Waals surface area contributed by atoms with Crippen molar-refractivity contribution in [2.75, 3.05) is 26.3 Å². The average molecular weight is 1070 g/mol. The molecule has 0 saturated carbocycles. The maximum Gasteiger partial charge on any atom is 0.243 e. The van der Waals surface area contributed by atoms with Crippen molar-refractivity contribution >= 4 is 46.9 Å². The van der Waals surface area contributed by atoms with Crippen LogP contribution in [0.3, 0.4) is 0 Å². The van der Waals surface area contributed by atoms with Gasteiger partial charge in [-0.1, -0.05) is 133 Å². The maximum atomic E-state index is 13.4. The molecule has 0 aromatic heterocycles. The SMILES string of the molecule is N#C/C(=C\c1ccc(OCCNC(=O)[C@H](Cc2ccccc2)NC(=O)[C@@H](N)Cc2ccc(O)cc2)cc1)c1ccc(/C(C#N)=C/c2ccc(OCCNC(=O)[C@H](Cc3ccccc3)NC(=O)[C@@H](N)Cc3ccc(O)cc3)cc2)cc1. The molecule has 0 aliphatic heterocycles. The van der Waals surface area contributed by atoms with Gasteiger partial charge in [0.15, 0.2) is 0 Å². The van der Waals surface area contributed by atoms with Gasteiger partial charge in [-0.3, -0.25) is 19.2 Å². The van der Waals surface area contributed by atoms with Crippen molar-refractivity contribution < 1.29 is 38.9 Å². The van der Waals surface area contributed by atoms with E-state index in [9.17, 15) is 39.9 Å². The van der Waals surface area contributed by atoms with Crippen LogP contribution in [0.15, 0.2) is 182 Å². The van der Waals surface area contributed by atoms with Crippen molar-refractivity contribution in [1.29, 1.82) is 10.5 Å².